The normalized spacial score (nSPS) is 17.2. The van der Waals surface area contributed by atoms with E-state index in [2.05, 4.69) is 61.7 Å². The van der Waals surface area contributed by atoms with Gasteiger partial charge in [-0.05, 0) is 85.5 Å². The third-order valence-electron chi connectivity index (χ3n) is 6.66. The highest BCUT2D eigenvalue weighted by molar-refractivity contribution is 9.10. The van der Waals surface area contributed by atoms with Crippen molar-refractivity contribution in [3.63, 3.8) is 0 Å². The number of aryl methyl sites for hydroxylation is 2. The van der Waals surface area contributed by atoms with Crippen molar-refractivity contribution in [3.05, 3.63) is 90.7 Å². The molecular weight excluding hydrogens is 514 g/mol. The van der Waals surface area contributed by atoms with E-state index in [1.165, 1.54) is 38.7 Å². The van der Waals surface area contributed by atoms with Crippen LogP contribution in [0.15, 0.2) is 58.5 Å². The summed E-state index contributed by atoms with van der Waals surface area (Å²) in [4.78, 5) is 18.6. The van der Waals surface area contributed by atoms with E-state index in [1.807, 2.05) is 41.4 Å². The van der Waals surface area contributed by atoms with Crippen LogP contribution in [0.5, 0.6) is 0 Å². The number of nitrogens with one attached hydrogen (secondary N) is 1. The number of amides is 2. The highest BCUT2D eigenvalue weighted by Crippen LogP contribution is 2.44. The summed E-state index contributed by atoms with van der Waals surface area (Å²) in [5.74, 6) is 0. The fourth-order valence-corrected chi connectivity index (χ4v) is 7.55. The Hall–Kier alpha value is -2.35. The number of fused-ring (bicyclic) bond motifs is 5. The van der Waals surface area contributed by atoms with Gasteiger partial charge in [-0.3, -0.25) is 0 Å². The van der Waals surface area contributed by atoms with Gasteiger partial charge in [-0.1, -0.05) is 22.0 Å². The molecule has 1 atom stereocenters. The SMILES string of the molecule is Cc1cc(NC(=O)N2Cc3c(sc4c3CCCC4)-n3cccc3[C@H]2c2cccs2)ccc1Br. The molecule has 1 aromatic carbocycles. The van der Waals surface area contributed by atoms with E-state index in [0.717, 1.165) is 34.3 Å². The molecule has 3 aromatic heterocycles. The smallest absolute Gasteiger partial charge is 0.310 e. The van der Waals surface area contributed by atoms with E-state index in [4.69, 9.17) is 0 Å². The maximum Gasteiger partial charge on any atom is 0.323 e. The van der Waals surface area contributed by atoms with Crippen molar-refractivity contribution in [2.75, 3.05) is 5.32 Å². The van der Waals surface area contributed by atoms with E-state index < -0.39 is 0 Å². The summed E-state index contributed by atoms with van der Waals surface area (Å²) in [6, 6.07) is 14.3. The Morgan fingerprint density at radius 1 is 1.12 bits per heavy atom. The standard InChI is InChI=1S/C26H24BrN3OS2/c1-16-14-17(10-11-20(16)27)28-26(31)30-15-19-18-6-2-3-8-22(18)33-25(19)29-12-4-7-21(29)24(30)23-9-5-13-32-23/h4-5,7,9-14,24H,2-3,6,8,15H2,1H3,(H,28,31)/t24-/m0/s1. The molecule has 0 spiro atoms. The van der Waals surface area contributed by atoms with Gasteiger partial charge in [0.15, 0.2) is 0 Å². The van der Waals surface area contributed by atoms with Crippen molar-refractivity contribution in [2.24, 2.45) is 0 Å². The van der Waals surface area contributed by atoms with Crippen LogP contribution in [0.1, 0.15) is 51.0 Å². The number of carbonyl (C=O) groups is 1. The van der Waals surface area contributed by atoms with Gasteiger partial charge in [-0.25, -0.2) is 4.79 Å². The molecule has 2 amide bonds. The molecule has 1 aliphatic carbocycles. The predicted molar refractivity (Wildman–Crippen MR) is 140 cm³/mol. The number of urea groups is 1. The minimum atomic E-state index is -0.129. The van der Waals surface area contributed by atoms with Crippen molar-refractivity contribution in [1.82, 2.24) is 9.47 Å². The van der Waals surface area contributed by atoms with Gasteiger partial charge in [0.2, 0.25) is 0 Å². The van der Waals surface area contributed by atoms with Crippen molar-refractivity contribution < 1.29 is 4.79 Å². The Bertz CT molecular complexity index is 1340. The molecule has 0 saturated carbocycles. The molecular formula is C26H24BrN3OS2. The number of halogens is 1. The number of nitrogens with zero attached hydrogens (tertiary/aromatic N) is 2. The van der Waals surface area contributed by atoms with Gasteiger partial charge in [0.05, 0.1) is 12.2 Å². The predicted octanol–water partition coefficient (Wildman–Crippen LogP) is 7.69. The summed E-state index contributed by atoms with van der Waals surface area (Å²) in [6.45, 7) is 2.66. The number of carbonyl (C=O) groups excluding carboxylic acids is 1. The van der Waals surface area contributed by atoms with E-state index >= 15 is 0 Å². The molecule has 7 heteroatoms. The Balaban J connectivity index is 1.47. The van der Waals surface area contributed by atoms with Crippen LogP contribution in [0.4, 0.5) is 10.5 Å². The van der Waals surface area contributed by atoms with Crippen LogP contribution in [-0.4, -0.2) is 15.5 Å². The molecule has 33 heavy (non-hydrogen) atoms. The minimum absolute atomic E-state index is 0.0634. The Kier molecular flexibility index (Phi) is 5.43. The highest BCUT2D eigenvalue weighted by atomic mass is 79.9. The molecule has 0 saturated heterocycles. The van der Waals surface area contributed by atoms with Gasteiger partial charge < -0.3 is 14.8 Å². The lowest BCUT2D eigenvalue weighted by molar-refractivity contribution is 0.195. The number of thiophene rings is 2. The second-order valence-corrected chi connectivity index (χ2v) is 11.7. The number of aromatic nitrogens is 1. The van der Waals surface area contributed by atoms with Gasteiger partial charge in [0.1, 0.15) is 11.0 Å². The Labute approximate surface area is 210 Å². The van der Waals surface area contributed by atoms with E-state index in [0.29, 0.717) is 6.54 Å². The van der Waals surface area contributed by atoms with Crippen LogP contribution in [0.2, 0.25) is 0 Å². The van der Waals surface area contributed by atoms with E-state index in [-0.39, 0.29) is 12.1 Å². The van der Waals surface area contributed by atoms with Crippen LogP contribution >= 0.6 is 38.6 Å². The summed E-state index contributed by atoms with van der Waals surface area (Å²) >= 11 is 7.19. The average Bonchev–Trinajstić information content (AvgIpc) is 3.56. The monoisotopic (exact) mass is 537 g/mol. The van der Waals surface area contributed by atoms with Crippen molar-refractivity contribution in [2.45, 2.75) is 45.2 Å². The van der Waals surface area contributed by atoms with Gasteiger partial charge in [0, 0.05) is 31.7 Å². The van der Waals surface area contributed by atoms with Gasteiger partial charge in [-0.2, -0.15) is 0 Å². The zero-order chi connectivity index (χ0) is 22.5. The molecule has 4 aromatic rings. The topological polar surface area (TPSA) is 37.3 Å². The number of rotatable bonds is 2. The van der Waals surface area contributed by atoms with E-state index in [9.17, 15) is 4.79 Å². The molecule has 0 unspecified atom stereocenters. The second-order valence-electron chi connectivity index (χ2n) is 8.74. The maximum atomic E-state index is 13.9. The fourth-order valence-electron chi connectivity index (χ4n) is 5.05. The molecule has 6 rings (SSSR count). The van der Waals surface area contributed by atoms with Crippen LogP contribution in [0, 0.1) is 6.92 Å². The second kappa shape index (κ2) is 8.46. The lowest BCUT2D eigenvalue weighted by Gasteiger charge is -2.30. The number of benzene rings is 1. The summed E-state index contributed by atoms with van der Waals surface area (Å²) in [5, 5.41) is 6.58. The fraction of sp³-hybridized carbons (Fsp3) is 0.269. The van der Waals surface area contributed by atoms with E-state index in [1.54, 1.807) is 11.3 Å². The third kappa shape index (κ3) is 3.66. The largest absolute Gasteiger partial charge is 0.323 e. The zero-order valence-electron chi connectivity index (χ0n) is 18.3. The van der Waals surface area contributed by atoms with Crippen LogP contribution < -0.4 is 5.32 Å². The molecule has 0 bridgehead atoms. The molecule has 2 aliphatic rings. The maximum absolute atomic E-state index is 13.9. The number of hydrogen-bond acceptors (Lipinski definition) is 3. The molecule has 168 valence electrons. The quantitative estimate of drug-likeness (QED) is 0.279. The molecule has 1 aliphatic heterocycles. The first-order valence-corrected chi connectivity index (χ1v) is 13.8. The minimum Gasteiger partial charge on any atom is -0.310 e. The zero-order valence-corrected chi connectivity index (χ0v) is 21.5. The lowest BCUT2D eigenvalue weighted by Crippen LogP contribution is -2.37. The summed E-state index contributed by atoms with van der Waals surface area (Å²) in [7, 11) is 0. The first-order chi connectivity index (χ1) is 16.1. The molecule has 4 nitrogen and oxygen atoms in total. The highest BCUT2D eigenvalue weighted by Gasteiger charge is 2.36. The first kappa shape index (κ1) is 21.2. The van der Waals surface area contributed by atoms with Gasteiger partial charge in [0.25, 0.3) is 0 Å². The van der Waals surface area contributed by atoms with Crippen molar-refractivity contribution >= 4 is 50.3 Å². The Morgan fingerprint density at radius 2 is 2.00 bits per heavy atom. The Morgan fingerprint density at radius 3 is 2.82 bits per heavy atom. The molecule has 1 N–H and O–H groups in total. The molecule has 0 radical (unpaired) electrons. The summed E-state index contributed by atoms with van der Waals surface area (Å²) in [6.07, 6.45) is 6.92. The third-order valence-corrected chi connectivity index (χ3v) is 9.81. The first-order valence-electron chi connectivity index (χ1n) is 11.3. The molecule has 4 heterocycles. The van der Waals surface area contributed by atoms with Crippen LogP contribution in [-0.2, 0) is 19.4 Å². The van der Waals surface area contributed by atoms with Gasteiger partial charge >= 0.3 is 6.03 Å². The molecule has 0 fully saturated rings. The lowest BCUT2D eigenvalue weighted by atomic mass is 9.95. The van der Waals surface area contributed by atoms with Crippen molar-refractivity contribution in [1.29, 1.82) is 0 Å². The summed E-state index contributed by atoms with van der Waals surface area (Å²) < 4.78 is 3.37. The number of anilines is 1. The number of hydrogen-bond donors (Lipinski definition) is 1. The van der Waals surface area contributed by atoms with Gasteiger partial charge in [-0.15, -0.1) is 22.7 Å². The summed E-state index contributed by atoms with van der Waals surface area (Å²) in [5.41, 5.74) is 5.87. The average molecular weight is 539 g/mol. The van der Waals surface area contributed by atoms with Crippen LogP contribution in [0.25, 0.3) is 5.00 Å². The van der Waals surface area contributed by atoms with Crippen molar-refractivity contribution in [3.8, 4) is 5.00 Å². The van der Waals surface area contributed by atoms with Crippen LogP contribution in [0.3, 0.4) is 0 Å².